The van der Waals surface area contributed by atoms with Gasteiger partial charge in [0, 0.05) is 36.0 Å². The van der Waals surface area contributed by atoms with Gasteiger partial charge in [0.1, 0.15) is 0 Å². The highest BCUT2D eigenvalue weighted by Crippen LogP contribution is 2.35. The Kier molecular flexibility index (Phi) is 9.33. The van der Waals surface area contributed by atoms with Crippen molar-refractivity contribution in [2.75, 3.05) is 20.6 Å². The molecule has 5 nitrogen and oxygen atoms in total. The second kappa shape index (κ2) is 12.2. The lowest BCUT2D eigenvalue weighted by Crippen LogP contribution is -2.52. The molecule has 0 heterocycles. The Bertz CT molecular complexity index is 909. The molecule has 1 aliphatic rings. The molecule has 0 aliphatic heterocycles. The van der Waals surface area contributed by atoms with E-state index in [9.17, 15) is 9.59 Å². The highest BCUT2D eigenvalue weighted by atomic mass is 35.5. The fourth-order valence-corrected chi connectivity index (χ4v) is 4.93. The van der Waals surface area contributed by atoms with Crippen molar-refractivity contribution in [3.05, 3.63) is 70.7 Å². The molecule has 3 rings (SSSR count). The molecule has 0 aromatic heterocycles. The van der Waals surface area contributed by atoms with Gasteiger partial charge in [-0.2, -0.15) is 0 Å². The predicted molar refractivity (Wildman–Crippen MR) is 134 cm³/mol. The maximum Gasteiger partial charge on any atom is 0.220 e. The number of nitrogens with one attached hydrogen (secondary N) is 2. The average Bonchev–Trinajstić information content (AvgIpc) is 2.80. The van der Waals surface area contributed by atoms with E-state index in [2.05, 4.69) is 35.7 Å². The molecule has 2 N–H and O–H groups in total. The van der Waals surface area contributed by atoms with Crippen LogP contribution < -0.4 is 10.6 Å². The first-order valence-electron chi connectivity index (χ1n) is 11.9. The van der Waals surface area contributed by atoms with Gasteiger partial charge in [0.2, 0.25) is 11.8 Å². The highest BCUT2D eigenvalue weighted by Gasteiger charge is 2.37. The Morgan fingerprint density at radius 3 is 2.30 bits per heavy atom. The number of benzene rings is 2. The molecule has 2 aromatic carbocycles. The molecule has 1 saturated carbocycles. The van der Waals surface area contributed by atoms with Crippen LogP contribution in [0, 0.1) is 0 Å². The van der Waals surface area contributed by atoms with Gasteiger partial charge in [0.25, 0.3) is 0 Å². The summed E-state index contributed by atoms with van der Waals surface area (Å²) >= 11 is 6.19. The number of nitrogens with zero attached hydrogens (tertiary/aromatic N) is 1. The molecule has 0 saturated heterocycles. The first-order valence-corrected chi connectivity index (χ1v) is 12.3. The van der Waals surface area contributed by atoms with Crippen molar-refractivity contribution in [1.29, 1.82) is 0 Å². The van der Waals surface area contributed by atoms with Crippen molar-refractivity contribution in [2.24, 2.45) is 0 Å². The van der Waals surface area contributed by atoms with Crippen LogP contribution in [0.4, 0.5) is 0 Å². The monoisotopic (exact) mass is 469 g/mol. The Hall–Kier alpha value is -2.37. The molecule has 33 heavy (non-hydrogen) atoms. The third kappa shape index (κ3) is 7.86. The normalized spacial score (nSPS) is 20.4. The number of amides is 2. The van der Waals surface area contributed by atoms with Gasteiger partial charge in [0.15, 0.2) is 0 Å². The van der Waals surface area contributed by atoms with E-state index in [4.69, 9.17) is 11.6 Å². The summed E-state index contributed by atoms with van der Waals surface area (Å²) in [6.07, 6.45) is 6.10. The van der Waals surface area contributed by atoms with Gasteiger partial charge in [0.05, 0.1) is 0 Å². The minimum Gasteiger partial charge on any atom is -0.356 e. The Morgan fingerprint density at radius 2 is 1.64 bits per heavy atom. The first-order chi connectivity index (χ1) is 15.9. The summed E-state index contributed by atoms with van der Waals surface area (Å²) in [6.45, 7) is 0.590. The number of hydrogen-bond acceptors (Lipinski definition) is 3. The van der Waals surface area contributed by atoms with Crippen molar-refractivity contribution in [1.82, 2.24) is 15.5 Å². The molecule has 6 heteroatoms. The fourth-order valence-electron chi connectivity index (χ4n) is 4.71. The molecule has 0 bridgehead atoms. The lowest BCUT2D eigenvalue weighted by Gasteiger charge is -2.45. The van der Waals surface area contributed by atoms with Gasteiger partial charge >= 0.3 is 0 Å². The molecule has 1 aliphatic carbocycles. The minimum atomic E-state index is -0.0714. The lowest BCUT2D eigenvalue weighted by atomic mass is 9.75. The number of carbonyl (C=O) groups is 2. The van der Waals surface area contributed by atoms with Crippen LogP contribution in [0.25, 0.3) is 0 Å². The van der Waals surface area contributed by atoms with E-state index in [0.717, 1.165) is 43.5 Å². The van der Waals surface area contributed by atoms with E-state index in [1.165, 1.54) is 11.1 Å². The van der Waals surface area contributed by atoms with Crippen molar-refractivity contribution in [3.8, 4) is 0 Å². The number of likely N-dealkylation sites (N-methyl/N-ethyl adjacent to an activating group) is 1. The van der Waals surface area contributed by atoms with E-state index >= 15 is 0 Å². The summed E-state index contributed by atoms with van der Waals surface area (Å²) < 4.78 is 0. The van der Waals surface area contributed by atoms with Crippen LogP contribution in [-0.4, -0.2) is 48.9 Å². The standard InChI is InChI=1S/C27H36ClN3O2/c1-31(2)27(20-22-9-6-10-23(28)19-22)16-13-24(14-17-27)30-26(33)12-11-25(32)29-18-15-21-7-4-3-5-8-21/h3-10,19,24H,11-18,20H2,1-2H3,(H,29,32)(H,30,33). The molecule has 0 atom stereocenters. The molecule has 0 radical (unpaired) electrons. The quantitative estimate of drug-likeness (QED) is 0.542. The van der Waals surface area contributed by atoms with Crippen LogP contribution >= 0.6 is 11.6 Å². The first kappa shape index (κ1) is 25.3. The Labute approximate surface area is 202 Å². The van der Waals surface area contributed by atoms with Crippen molar-refractivity contribution < 1.29 is 9.59 Å². The SMILES string of the molecule is CN(C)C1(Cc2cccc(Cl)c2)CCC(NC(=O)CCC(=O)NCCc2ccccc2)CC1. The predicted octanol–water partition coefficient (Wildman–Crippen LogP) is 4.38. The second-order valence-electron chi connectivity index (χ2n) is 9.35. The zero-order valence-electron chi connectivity index (χ0n) is 19.8. The molecule has 2 amide bonds. The minimum absolute atomic E-state index is 0.0367. The van der Waals surface area contributed by atoms with Crippen molar-refractivity contribution in [3.63, 3.8) is 0 Å². The van der Waals surface area contributed by atoms with Crippen LogP contribution in [0.3, 0.4) is 0 Å². The molecule has 178 valence electrons. The second-order valence-corrected chi connectivity index (χ2v) is 9.79. The number of hydrogen-bond donors (Lipinski definition) is 2. The van der Waals surface area contributed by atoms with Gasteiger partial charge < -0.3 is 15.5 Å². The van der Waals surface area contributed by atoms with E-state index < -0.39 is 0 Å². The molecular formula is C27H36ClN3O2. The van der Waals surface area contributed by atoms with Gasteiger partial charge in [-0.25, -0.2) is 0 Å². The summed E-state index contributed by atoms with van der Waals surface area (Å²) in [7, 11) is 4.28. The van der Waals surface area contributed by atoms with Crippen LogP contribution in [0.1, 0.15) is 49.7 Å². The Morgan fingerprint density at radius 1 is 0.970 bits per heavy atom. The summed E-state index contributed by atoms with van der Waals surface area (Å²) in [5.74, 6) is -0.108. The number of carbonyl (C=O) groups excluding carboxylic acids is 2. The fraction of sp³-hybridized carbons (Fsp3) is 0.481. The number of rotatable bonds is 10. The van der Waals surface area contributed by atoms with Gasteiger partial charge in [-0.3, -0.25) is 9.59 Å². The Balaban J connectivity index is 1.38. The van der Waals surface area contributed by atoms with E-state index in [0.29, 0.717) is 6.54 Å². The largest absolute Gasteiger partial charge is 0.356 e. The summed E-state index contributed by atoms with van der Waals surface area (Å²) in [4.78, 5) is 26.8. The van der Waals surface area contributed by atoms with E-state index in [-0.39, 0.29) is 36.2 Å². The summed E-state index contributed by atoms with van der Waals surface area (Å²) in [5.41, 5.74) is 2.51. The maximum absolute atomic E-state index is 12.4. The topological polar surface area (TPSA) is 61.4 Å². The van der Waals surface area contributed by atoms with Crippen LogP contribution in [0.15, 0.2) is 54.6 Å². The van der Waals surface area contributed by atoms with Gasteiger partial charge in [-0.15, -0.1) is 0 Å². The average molecular weight is 470 g/mol. The maximum atomic E-state index is 12.4. The third-order valence-corrected chi connectivity index (χ3v) is 7.05. The molecule has 2 aromatic rings. The zero-order chi connectivity index (χ0) is 23.7. The van der Waals surface area contributed by atoms with Crippen LogP contribution in [-0.2, 0) is 22.4 Å². The molecule has 0 spiro atoms. The van der Waals surface area contributed by atoms with E-state index in [1.54, 1.807) is 0 Å². The van der Waals surface area contributed by atoms with Gasteiger partial charge in [-0.1, -0.05) is 54.1 Å². The molecular weight excluding hydrogens is 434 g/mol. The van der Waals surface area contributed by atoms with Gasteiger partial charge in [-0.05, 0) is 75.9 Å². The highest BCUT2D eigenvalue weighted by molar-refractivity contribution is 6.30. The van der Waals surface area contributed by atoms with Crippen molar-refractivity contribution >= 4 is 23.4 Å². The summed E-state index contributed by atoms with van der Waals surface area (Å²) in [5, 5.41) is 6.82. The van der Waals surface area contributed by atoms with Crippen LogP contribution in [0.5, 0.6) is 0 Å². The molecule has 0 unspecified atom stereocenters. The van der Waals surface area contributed by atoms with E-state index in [1.807, 2.05) is 48.5 Å². The van der Waals surface area contributed by atoms with Crippen molar-refractivity contribution in [2.45, 2.75) is 62.9 Å². The zero-order valence-corrected chi connectivity index (χ0v) is 20.5. The van der Waals surface area contributed by atoms with Crippen LogP contribution in [0.2, 0.25) is 5.02 Å². The smallest absolute Gasteiger partial charge is 0.220 e. The number of halogens is 1. The lowest BCUT2D eigenvalue weighted by molar-refractivity contribution is -0.127. The molecule has 1 fully saturated rings. The summed E-state index contributed by atoms with van der Waals surface area (Å²) in [6, 6.07) is 18.3. The third-order valence-electron chi connectivity index (χ3n) is 6.81.